The highest BCUT2D eigenvalue weighted by Gasteiger charge is 2.46. The van der Waals surface area contributed by atoms with Gasteiger partial charge in [-0.25, -0.2) is 8.42 Å². The zero-order chi connectivity index (χ0) is 19.0. The van der Waals surface area contributed by atoms with Crippen LogP contribution in [0, 0.1) is 0 Å². The fraction of sp³-hybridized carbons (Fsp3) is 0.526. The molecule has 1 aromatic carbocycles. The zero-order valence-electron chi connectivity index (χ0n) is 15.3. The smallest absolute Gasteiger partial charge is 0.197 e. The van der Waals surface area contributed by atoms with Gasteiger partial charge in [-0.15, -0.1) is 0 Å². The van der Waals surface area contributed by atoms with E-state index in [0.717, 1.165) is 13.1 Å². The summed E-state index contributed by atoms with van der Waals surface area (Å²) in [6.45, 7) is 3.18. The quantitative estimate of drug-likeness (QED) is 0.742. The molecule has 2 aliphatic heterocycles. The molecule has 4 rings (SSSR count). The highest BCUT2D eigenvalue weighted by Crippen LogP contribution is 2.28. The summed E-state index contributed by atoms with van der Waals surface area (Å²) >= 11 is 0. The first-order valence-electron chi connectivity index (χ1n) is 9.15. The van der Waals surface area contributed by atoms with Gasteiger partial charge < -0.3 is 9.15 Å². The van der Waals surface area contributed by atoms with Crippen LogP contribution in [0.3, 0.4) is 0 Å². The predicted molar refractivity (Wildman–Crippen MR) is 103 cm³/mol. The van der Waals surface area contributed by atoms with Crippen molar-refractivity contribution in [2.75, 3.05) is 44.9 Å². The summed E-state index contributed by atoms with van der Waals surface area (Å²) in [6, 6.07) is 7.03. The average Bonchev–Trinajstić information content (AvgIpc) is 2.99. The number of para-hydroxylation sites is 1. The Morgan fingerprint density at radius 1 is 1.15 bits per heavy atom. The summed E-state index contributed by atoms with van der Waals surface area (Å²) in [5.74, 6) is 0.310. The SMILES string of the molecule is COCCN1CCN(Cc2coc3ccccc3c2=O)[C@@H]2CS(=O)(=O)C[C@@H]21. The molecule has 27 heavy (non-hydrogen) atoms. The highest BCUT2D eigenvalue weighted by atomic mass is 32.2. The minimum absolute atomic E-state index is 0.0453. The lowest BCUT2D eigenvalue weighted by atomic mass is 10.0. The Morgan fingerprint density at radius 2 is 1.85 bits per heavy atom. The first-order chi connectivity index (χ1) is 13.0. The summed E-state index contributed by atoms with van der Waals surface area (Å²) in [4.78, 5) is 17.1. The monoisotopic (exact) mass is 392 g/mol. The van der Waals surface area contributed by atoms with E-state index in [1.54, 1.807) is 19.2 Å². The van der Waals surface area contributed by atoms with E-state index in [2.05, 4.69) is 9.80 Å². The van der Waals surface area contributed by atoms with Crippen LogP contribution in [0.15, 0.2) is 39.7 Å². The third-order valence-corrected chi connectivity index (χ3v) is 7.31. The average molecular weight is 392 g/mol. The maximum atomic E-state index is 12.8. The Hall–Kier alpha value is -1.74. The molecular formula is C19H24N2O5S. The van der Waals surface area contributed by atoms with Crippen molar-refractivity contribution >= 4 is 20.8 Å². The van der Waals surface area contributed by atoms with Crippen LogP contribution < -0.4 is 5.43 Å². The third kappa shape index (κ3) is 3.67. The summed E-state index contributed by atoms with van der Waals surface area (Å²) < 4.78 is 35.4. The number of benzene rings is 1. The number of fused-ring (bicyclic) bond motifs is 2. The van der Waals surface area contributed by atoms with Crippen molar-refractivity contribution in [3.8, 4) is 0 Å². The second-order valence-corrected chi connectivity index (χ2v) is 9.45. The van der Waals surface area contributed by atoms with Crippen LogP contribution in [0.4, 0.5) is 0 Å². The van der Waals surface area contributed by atoms with Gasteiger partial charge in [0, 0.05) is 50.9 Å². The largest absolute Gasteiger partial charge is 0.464 e. The van der Waals surface area contributed by atoms with Crippen LogP contribution in [-0.2, 0) is 21.1 Å². The van der Waals surface area contributed by atoms with E-state index in [4.69, 9.17) is 9.15 Å². The minimum atomic E-state index is -3.08. The molecule has 3 heterocycles. The molecule has 0 bridgehead atoms. The normalized spacial score (nSPS) is 25.7. The molecule has 2 fully saturated rings. The van der Waals surface area contributed by atoms with Crippen LogP contribution in [0.25, 0.3) is 11.0 Å². The highest BCUT2D eigenvalue weighted by molar-refractivity contribution is 7.91. The van der Waals surface area contributed by atoms with Gasteiger partial charge in [-0.2, -0.15) is 0 Å². The number of hydrogen-bond donors (Lipinski definition) is 0. The molecule has 0 unspecified atom stereocenters. The Labute approximate surface area is 158 Å². The molecule has 146 valence electrons. The molecular weight excluding hydrogens is 368 g/mol. The Balaban J connectivity index is 1.59. The molecule has 7 nitrogen and oxygen atoms in total. The van der Waals surface area contributed by atoms with Gasteiger partial charge in [0.15, 0.2) is 15.3 Å². The molecule has 0 amide bonds. The van der Waals surface area contributed by atoms with Crippen molar-refractivity contribution in [3.63, 3.8) is 0 Å². The molecule has 8 heteroatoms. The number of ether oxygens (including phenoxy) is 1. The molecule has 0 spiro atoms. The topological polar surface area (TPSA) is 80.1 Å². The van der Waals surface area contributed by atoms with E-state index < -0.39 is 9.84 Å². The standard InChI is InChI=1S/C19H24N2O5S/c1-25-9-8-20-6-7-21(17-13-27(23,24)12-16(17)20)10-14-11-26-18-5-3-2-4-15(18)19(14)22/h2-5,11,16-17H,6-10,12-13H2,1H3/t16-,17+/m0/s1. The third-order valence-electron chi connectivity index (χ3n) is 5.61. The van der Waals surface area contributed by atoms with Crippen molar-refractivity contribution < 1.29 is 17.6 Å². The summed E-state index contributed by atoms with van der Waals surface area (Å²) in [7, 11) is -1.43. The van der Waals surface area contributed by atoms with Crippen molar-refractivity contribution in [1.29, 1.82) is 0 Å². The lowest BCUT2D eigenvalue weighted by molar-refractivity contribution is 0.0249. The van der Waals surface area contributed by atoms with Crippen LogP contribution >= 0.6 is 0 Å². The Morgan fingerprint density at radius 3 is 2.63 bits per heavy atom. The maximum Gasteiger partial charge on any atom is 0.197 e. The second-order valence-electron chi connectivity index (χ2n) is 7.30. The first kappa shape index (κ1) is 18.6. The van der Waals surface area contributed by atoms with E-state index in [0.29, 0.717) is 36.2 Å². The van der Waals surface area contributed by atoms with E-state index in [-0.39, 0.29) is 29.0 Å². The number of rotatable bonds is 5. The minimum Gasteiger partial charge on any atom is -0.464 e. The summed E-state index contributed by atoms with van der Waals surface area (Å²) in [5, 5.41) is 0.560. The van der Waals surface area contributed by atoms with Gasteiger partial charge >= 0.3 is 0 Å². The predicted octanol–water partition coefficient (Wildman–Crippen LogP) is 0.723. The molecule has 0 N–H and O–H groups in total. The van der Waals surface area contributed by atoms with Crippen molar-refractivity contribution in [1.82, 2.24) is 9.80 Å². The molecule has 0 saturated carbocycles. The lowest BCUT2D eigenvalue weighted by Crippen LogP contribution is -2.59. The van der Waals surface area contributed by atoms with Gasteiger partial charge in [0.2, 0.25) is 0 Å². The van der Waals surface area contributed by atoms with Crippen LogP contribution in [0.5, 0.6) is 0 Å². The second kappa shape index (κ2) is 7.35. The van der Waals surface area contributed by atoms with Gasteiger partial charge in [0.1, 0.15) is 5.58 Å². The van der Waals surface area contributed by atoms with E-state index in [1.165, 1.54) is 6.26 Å². The fourth-order valence-corrected chi connectivity index (χ4v) is 6.27. The number of methoxy groups -OCH3 is 1. The molecule has 2 aromatic rings. The van der Waals surface area contributed by atoms with Gasteiger partial charge in [0.05, 0.1) is 29.8 Å². The van der Waals surface area contributed by atoms with Gasteiger partial charge in [-0.3, -0.25) is 14.6 Å². The molecule has 0 radical (unpaired) electrons. The molecule has 2 atom stereocenters. The van der Waals surface area contributed by atoms with Crippen molar-refractivity contribution in [3.05, 3.63) is 46.3 Å². The number of nitrogens with zero attached hydrogens (tertiary/aromatic N) is 2. The number of piperazine rings is 1. The van der Waals surface area contributed by atoms with Gasteiger partial charge in [0.25, 0.3) is 0 Å². The van der Waals surface area contributed by atoms with Crippen LogP contribution in [-0.4, -0.2) is 75.2 Å². The Bertz CT molecular complexity index is 987. The van der Waals surface area contributed by atoms with Gasteiger partial charge in [-0.1, -0.05) is 12.1 Å². The molecule has 0 aliphatic carbocycles. The van der Waals surface area contributed by atoms with Gasteiger partial charge in [-0.05, 0) is 12.1 Å². The first-order valence-corrected chi connectivity index (χ1v) is 11.0. The fourth-order valence-electron chi connectivity index (χ4n) is 4.23. The van der Waals surface area contributed by atoms with E-state index in [1.807, 2.05) is 12.1 Å². The Kier molecular flexibility index (Phi) is 5.07. The summed E-state index contributed by atoms with van der Waals surface area (Å²) in [5.41, 5.74) is 1.09. The lowest BCUT2D eigenvalue weighted by Gasteiger charge is -2.43. The van der Waals surface area contributed by atoms with Crippen LogP contribution in [0.2, 0.25) is 0 Å². The molecule has 2 saturated heterocycles. The van der Waals surface area contributed by atoms with Crippen molar-refractivity contribution in [2.24, 2.45) is 0 Å². The number of sulfone groups is 1. The molecule has 2 aliphatic rings. The van der Waals surface area contributed by atoms with E-state index in [9.17, 15) is 13.2 Å². The maximum absolute atomic E-state index is 12.8. The number of hydrogen-bond acceptors (Lipinski definition) is 7. The van der Waals surface area contributed by atoms with Crippen molar-refractivity contribution in [2.45, 2.75) is 18.6 Å². The summed E-state index contributed by atoms with van der Waals surface area (Å²) in [6.07, 6.45) is 1.51. The van der Waals surface area contributed by atoms with E-state index >= 15 is 0 Å². The van der Waals surface area contributed by atoms with Crippen LogP contribution in [0.1, 0.15) is 5.56 Å². The zero-order valence-corrected chi connectivity index (χ0v) is 16.2. The molecule has 1 aromatic heterocycles.